The minimum Gasteiger partial charge on any atom is -0.465 e. The van der Waals surface area contributed by atoms with Gasteiger partial charge >= 0.3 is 11.8 Å². The molecule has 1 saturated heterocycles. The second-order valence-corrected chi connectivity index (χ2v) is 4.66. The van der Waals surface area contributed by atoms with Crippen molar-refractivity contribution in [2.24, 2.45) is 0 Å². The van der Waals surface area contributed by atoms with Crippen molar-refractivity contribution in [2.45, 2.75) is 0 Å². The summed E-state index contributed by atoms with van der Waals surface area (Å²) < 4.78 is 1.36. The molecule has 2 aromatic rings. The van der Waals surface area contributed by atoms with Gasteiger partial charge in [-0.05, 0) is 12.1 Å². The largest absolute Gasteiger partial charge is 0.465 e. The second kappa shape index (κ2) is 5.27. The Balaban J connectivity index is 1.72. The molecule has 1 amide bonds. The van der Waals surface area contributed by atoms with Crippen molar-refractivity contribution in [3.05, 3.63) is 35.1 Å². The van der Waals surface area contributed by atoms with Crippen molar-refractivity contribution in [1.29, 1.82) is 0 Å². The molecule has 1 aliphatic heterocycles. The fourth-order valence-electron chi connectivity index (χ4n) is 2.27. The van der Waals surface area contributed by atoms with E-state index in [2.05, 4.69) is 15.2 Å². The van der Waals surface area contributed by atoms with E-state index in [4.69, 9.17) is 5.11 Å². The number of amides is 1. The van der Waals surface area contributed by atoms with Crippen molar-refractivity contribution < 1.29 is 9.90 Å². The van der Waals surface area contributed by atoms with Crippen LogP contribution in [0, 0.1) is 0 Å². The molecule has 0 unspecified atom stereocenters. The molecule has 0 spiro atoms. The number of nitrogens with one attached hydrogen (secondary N) is 1. The predicted octanol–water partition coefficient (Wildman–Crippen LogP) is -0.244. The molecule has 0 bridgehead atoms. The fourth-order valence-corrected chi connectivity index (χ4v) is 2.27. The van der Waals surface area contributed by atoms with E-state index in [1.165, 1.54) is 15.8 Å². The molecule has 21 heavy (non-hydrogen) atoms. The summed E-state index contributed by atoms with van der Waals surface area (Å²) in [4.78, 5) is 30.0. The highest BCUT2D eigenvalue weighted by atomic mass is 16.4. The van der Waals surface area contributed by atoms with Gasteiger partial charge in [0.25, 0.3) is 0 Å². The van der Waals surface area contributed by atoms with E-state index in [9.17, 15) is 9.59 Å². The van der Waals surface area contributed by atoms with Gasteiger partial charge in [-0.25, -0.2) is 24.2 Å². The highest BCUT2D eigenvalue weighted by Gasteiger charge is 2.21. The predicted molar refractivity (Wildman–Crippen MR) is 73.8 cm³/mol. The number of hydrogen-bond acceptors (Lipinski definition) is 5. The third-order valence-corrected chi connectivity index (χ3v) is 3.44. The summed E-state index contributed by atoms with van der Waals surface area (Å²) in [5, 5.41) is 14.9. The molecule has 3 heterocycles. The molecule has 9 heteroatoms. The van der Waals surface area contributed by atoms with E-state index in [1.807, 2.05) is 11.0 Å². The molecule has 0 atom stereocenters. The Labute approximate surface area is 119 Å². The summed E-state index contributed by atoms with van der Waals surface area (Å²) in [6.07, 6.45) is 2.10. The smallest absolute Gasteiger partial charge is 0.407 e. The fraction of sp³-hybridized carbons (Fsp3) is 0.333. The molecule has 9 nitrogen and oxygen atoms in total. The van der Waals surface area contributed by atoms with Gasteiger partial charge in [0, 0.05) is 26.2 Å². The van der Waals surface area contributed by atoms with E-state index in [0.29, 0.717) is 31.9 Å². The number of hydrogen-bond donors (Lipinski definition) is 2. The summed E-state index contributed by atoms with van der Waals surface area (Å²) in [5.74, 6) is 0.764. The first kappa shape index (κ1) is 13.2. The van der Waals surface area contributed by atoms with Crippen LogP contribution in [0.1, 0.15) is 0 Å². The molecule has 1 aliphatic rings. The summed E-state index contributed by atoms with van der Waals surface area (Å²) in [6, 6.07) is 3.59. The maximum Gasteiger partial charge on any atom is 0.407 e. The van der Waals surface area contributed by atoms with Crippen LogP contribution in [0.25, 0.3) is 5.69 Å². The topological polar surface area (TPSA) is 107 Å². The summed E-state index contributed by atoms with van der Waals surface area (Å²) in [6.45, 7) is 2.12. The molecule has 2 aromatic heterocycles. The molecular weight excluding hydrogens is 276 g/mol. The highest BCUT2D eigenvalue weighted by Crippen LogP contribution is 2.15. The maximum atomic E-state index is 11.5. The summed E-state index contributed by atoms with van der Waals surface area (Å²) in [5.41, 5.74) is 0.307. The monoisotopic (exact) mass is 290 g/mol. The van der Waals surface area contributed by atoms with E-state index in [1.54, 1.807) is 12.3 Å². The molecule has 0 saturated carbocycles. The maximum absolute atomic E-state index is 11.5. The number of anilines is 1. The van der Waals surface area contributed by atoms with E-state index >= 15 is 0 Å². The average molecular weight is 290 g/mol. The van der Waals surface area contributed by atoms with Crippen molar-refractivity contribution in [3.63, 3.8) is 0 Å². The molecule has 0 aliphatic carbocycles. The van der Waals surface area contributed by atoms with Gasteiger partial charge in [0.2, 0.25) is 0 Å². The lowest BCUT2D eigenvalue weighted by Gasteiger charge is -2.33. The zero-order chi connectivity index (χ0) is 14.8. The normalized spacial score (nSPS) is 15.2. The van der Waals surface area contributed by atoms with E-state index < -0.39 is 6.09 Å². The highest BCUT2D eigenvalue weighted by molar-refractivity contribution is 5.65. The molecule has 110 valence electrons. The Kier molecular flexibility index (Phi) is 3.30. The van der Waals surface area contributed by atoms with Gasteiger partial charge in [-0.2, -0.15) is 5.10 Å². The molecule has 0 radical (unpaired) electrons. The zero-order valence-electron chi connectivity index (χ0n) is 11.1. The minimum absolute atomic E-state index is 0.320. The number of aromatic amines is 1. The number of piperazine rings is 1. The van der Waals surface area contributed by atoms with Crippen LogP contribution in [0.5, 0.6) is 0 Å². The number of aromatic nitrogens is 4. The van der Waals surface area contributed by atoms with Crippen LogP contribution in [0.15, 0.2) is 29.5 Å². The zero-order valence-corrected chi connectivity index (χ0v) is 11.1. The van der Waals surface area contributed by atoms with Crippen LogP contribution >= 0.6 is 0 Å². The first-order valence-corrected chi connectivity index (χ1v) is 6.46. The molecule has 0 aromatic carbocycles. The Morgan fingerprint density at radius 1 is 1.24 bits per heavy atom. The van der Waals surface area contributed by atoms with Gasteiger partial charge in [-0.15, -0.1) is 0 Å². The third-order valence-electron chi connectivity index (χ3n) is 3.44. The quantitative estimate of drug-likeness (QED) is 0.790. The summed E-state index contributed by atoms with van der Waals surface area (Å²) >= 11 is 0. The number of rotatable bonds is 2. The van der Waals surface area contributed by atoms with Crippen LogP contribution < -0.4 is 10.6 Å². The van der Waals surface area contributed by atoms with Gasteiger partial charge < -0.3 is 14.9 Å². The van der Waals surface area contributed by atoms with Crippen molar-refractivity contribution in [1.82, 2.24) is 24.6 Å². The van der Waals surface area contributed by atoms with Gasteiger partial charge in [-0.3, -0.25) is 0 Å². The summed E-state index contributed by atoms with van der Waals surface area (Å²) in [7, 11) is 0. The standard InChI is InChI=1S/C12H14N6O3/c19-11-15-14-8-18(11)9-1-2-10(13-7-9)16-3-5-17(6-4-16)12(20)21/h1-2,7-8H,3-6H2,(H,15,19)(H,20,21). The molecular formula is C12H14N6O3. The lowest BCUT2D eigenvalue weighted by Crippen LogP contribution is -2.48. The number of carboxylic acid groups (broad SMARTS) is 1. The Morgan fingerprint density at radius 3 is 2.52 bits per heavy atom. The SMILES string of the molecule is O=C(O)N1CCN(c2ccc(-n3cn[nH]c3=O)cn2)CC1. The Morgan fingerprint density at radius 2 is 2.00 bits per heavy atom. The van der Waals surface area contributed by atoms with Crippen LogP contribution in [0.3, 0.4) is 0 Å². The van der Waals surface area contributed by atoms with Crippen LogP contribution in [-0.4, -0.2) is 62.0 Å². The third kappa shape index (κ3) is 2.57. The average Bonchev–Trinajstić information content (AvgIpc) is 2.94. The second-order valence-electron chi connectivity index (χ2n) is 4.66. The number of pyridine rings is 1. The van der Waals surface area contributed by atoms with Crippen LogP contribution in [-0.2, 0) is 0 Å². The minimum atomic E-state index is -0.891. The van der Waals surface area contributed by atoms with Gasteiger partial charge in [0.1, 0.15) is 12.1 Å². The van der Waals surface area contributed by atoms with Gasteiger partial charge in [-0.1, -0.05) is 0 Å². The van der Waals surface area contributed by atoms with Gasteiger partial charge in [0.15, 0.2) is 0 Å². The van der Waals surface area contributed by atoms with Crippen molar-refractivity contribution in [2.75, 3.05) is 31.1 Å². The van der Waals surface area contributed by atoms with Crippen molar-refractivity contribution in [3.8, 4) is 5.69 Å². The van der Waals surface area contributed by atoms with Crippen LogP contribution in [0.4, 0.5) is 10.6 Å². The lowest BCUT2D eigenvalue weighted by molar-refractivity contribution is 0.142. The number of H-pyrrole nitrogens is 1. The van der Waals surface area contributed by atoms with E-state index in [0.717, 1.165) is 5.82 Å². The van der Waals surface area contributed by atoms with E-state index in [-0.39, 0.29) is 5.69 Å². The number of carbonyl (C=O) groups is 1. The first-order chi connectivity index (χ1) is 10.1. The Bertz CT molecular complexity index is 684. The first-order valence-electron chi connectivity index (χ1n) is 6.46. The van der Waals surface area contributed by atoms with Crippen LogP contribution in [0.2, 0.25) is 0 Å². The molecule has 1 fully saturated rings. The van der Waals surface area contributed by atoms with Gasteiger partial charge in [0.05, 0.1) is 11.9 Å². The van der Waals surface area contributed by atoms with Crippen molar-refractivity contribution >= 4 is 11.9 Å². The Hall–Kier alpha value is -2.84. The molecule has 2 N–H and O–H groups in total. The lowest BCUT2D eigenvalue weighted by atomic mass is 10.3. The number of nitrogens with zero attached hydrogens (tertiary/aromatic N) is 5. The molecule has 3 rings (SSSR count).